The van der Waals surface area contributed by atoms with Gasteiger partial charge in [-0.2, -0.15) is 0 Å². The number of carbonyl (C=O) groups is 1. The van der Waals surface area contributed by atoms with E-state index in [0.717, 1.165) is 21.1 Å². The number of nitrogens with zero attached hydrogens (tertiary/aromatic N) is 1. The average Bonchev–Trinajstić information content (AvgIpc) is 2.72. The maximum Gasteiger partial charge on any atom is 0.350 e. The summed E-state index contributed by atoms with van der Waals surface area (Å²) in [6.07, 6.45) is 0. The number of nitrogen functional groups attached to an aromatic ring is 1. The number of methoxy groups -OCH3 is 1. The molecule has 0 saturated carbocycles. The van der Waals surface area contributed by atoms with Gasteiger partial charge in [-0.25, -0.2) is 9.78 Å². The Morgan fingerprint density at radius 1 is 1.39 bits per heavy atom. The number of thiophene rings is 1. The number of ether oxygens (including phenoxy) is 1. The topological polar surface area (TPSA) is 65.2 Å². The Bertz CT molecular complexity index is 764. The Hall–Kier alpha value is -2.14. The number of aromatic nitrogens is 1. The van der Waals surface area contributed by atoms with E-state index in [1.54, 1.807) is 0 Å². The second-order valence-corrected chi connectivity index (χ2v) is 4.87. The van der Waals surface area contributed by atoms with Crippen LogP contribution in [-0.2, 0) is 4.74 Å². The van der Waals surface area contributed by atoms with Gasteiger partial charge < -0.3 is 10.5 Å². The predicted molar refractivity (Wildman–Crippen MR) is 72.9 cm³/mol. The molecule has 4 nitrogen and oxygen atoms in total. The number of carbonyl (C=O) groups excluding carboxylic acids is 1. The van der Waals surface area contributed by atoms with Crippen molar-refractivity contribution in [3.63, 3.8) is 0 Å². The summed E-state index contributed by atoms with van der Waals surface area (Å²) in [4.78, 5) is 17.3. The van der Waals surface area contributed by atoms with Gasteiger partial charge >= 0.3 is 5.97 Å². The van der Waals surface area contributed by atoms with Gasteiger partial charge in [0.25, 0.3) is 0 Å². The molecule has 0 unspecified atom stereocenters. The van der Waals surface area contributed by atoms with E-state index < -0.39 is 5.97 Å². The second-order valence-electron chi connectivity index (χ2n) is 3.87. The molecule has 3 aromatic rings. The van der Waals surface area contributed by atoms with Crippen molar-refractivity contribution in [1.29, 1.82) is 0 Å². The summed E-state index contributed by atoms with van der Waals surface area (Å²) in [5.41, 5.74) is 7.31. The summed E-state index contributed by atoms with van der Waals surface area (Å²) in [7, 11) is 1.34. The Kier molecular flexibility index (Phi) is 2.41. The fourth-order valence-corrected chi connectivity index (χ4v) is 2.89. The van der Waals surface area contributed by atoms with E-state index in [0.29, 0.717) is 10.6 Å². The van der Waals surface area contributed by atoms with Crippen molar-refractivity contribution in [3.05, 3.63) is 35.2 Å². The third-order valence-electron chi connectivity index (χ3n) is 2.79. The van der Waals surface area contributed by atoms with Gasteiger partial charge in [-0.3, -0.25) is 0 Å². The number of benzene rings is 1. The van der Waals surface area contributed by atoms with Crippen LogP contribution in [0.1, 0.15) is 9.67 Å². The number of anilines is 1. The number of esters is 1. The maximum absolute atomic E-state index is 11.6. The molecular formula is C13H10N2O2S. The van der Waals surface area contributed by atoms with Crippen LogP contribution in [0.4, 0.5) is 5.69 Å². The zero-order valence-electron chi connectivity index (χ0n) is 9.64. The third-order valence-corrected chi connectivity index (χ3v) is 3.89. The van der Waals surface area contributed by atoms with Crippen LogP contribution in [0.5, 0.6) is 0 Å². The van der Waals surface area contributed by atoms with Crippen LogP contribution < -0.4 is 5.73 Å². The van der Waals surface area contributed by atoms with Gasteiger partial charge in [-0.15, -0.1) is 11.3 Å². The summed E-state index contributed by atoms with van der Waals surface area (Å²) < 4.78 is 4.71. The number of pyridine rings is 1. The van der Waals surface area contributed by atoms with Crippen LogP contribution in [0, 0.1) is 0 Å². The molecule has 2 N–H and O–H groups in total. The zero-order chi connectivity index (χ0) is 12.7. The number of hydrogen-bond donors (Lipinski definition) is 1. The molecule has 0 saturated heterocycles. The highest BCUT2D eigenvalue weighted by Gasteiger charge is 2.17. The maximum atomic E-state index is 11.6. The molecule has 0 aliphatic carbocycles. The first-order valence-corrected chi connectivity index (χ1v) is 6.18. The molecule has 0 aliphatic heterocycles. The number of para-hydroxylation sites is 1. The highest BCUT2D eigenvalue weighted by Crippen LogP contribution is 2.34. The molecule has 0 atom stereocenters. The van der Waals surface area contributed by atoms with E-state index >= 15 is 0 Å². The summed E-state index contributed by atoms with van der Waals surface area (Å²) in [5.74, 6) is -0.417. The molecule has 1 aromatic carbocycles. The van der Waals surface area contributed by atoms with Gasteiger partial charge in [-0.05, 0) is 12.1 Å². The number of nitrogens with two attached hydrogens (primary N) is 1. The molecule has 2 heterocycles. The number of rotatable bonds is 1. The molecule has 90 valence electrons. The quantitative estimate of drug-likeness (QED) is 0.682. The Labute approximate surface area is 107 Å². The lowest BCUT2D eigenvalue weighted by Gasteiger charge is -1.97. The minimum absolute atomic E-state index is 0.412. The van der Waals surface area contributed by atoms with E-state index in [1.807, 2.05) is 30.3 Å². The molecule has 3 rings (SSSR count). The van der Waals surface area contributed by atoms with Crippen molar-refractivity contribution in [3.8, 4) is 0 Å². The van der Waals surface area contributed by atoms with Crippen molar-refractivity contribution in [2.24, 2.45) is 0 Å². The van der Waals surface area contributed by atoms with Gasteiger partial charge in [0.2, 0.25) is 0 Å². The minimum Gasteiger partial charge on any atom is -0.465 e. The van der Waals surface area contributed by atoms with Gasteiger partial charge in [0.1, 0.15) is 9.71 Å². The van der Waals surface area contributed by atoms with E-state index in [9.17, 15) is 4.79 Å². The van der Waals surface area contributed by atoms with Gasteiger partial charge in [-0.1, -0.05) is 18.2 Å². The largest absolute Gasteiger partial charge is 0.465 e. The van der Waals surface area contributed by atoms with Crippen molar-refractivity contribution in [2.45, 2.75) is 0 Å². The normalized spacial score (nSPS) is 10.9. The highest BCUT2D eigenvalue weighted by molar-refractivity contribution is 7.21. The lowest BCUT2D eigenvalue weighted by Crippen LogP contribution is -2.01. The fourth-order valence-electron chi connectivity index (χ4n) is 1.89. The monoisotopic (exact) mass is 258 g/mol. The van der Waals surface area contributed by atoms with Crippen LogP contribution in [0.25, 0.3) is 21.1 Å². The van der Waals surface area contributed by atoms with E-state index in [4.69, 9.17) is 10.5 Å². The van der Waals surface area contributed by atoms with Gasteiger partial charge in [0, 0.05) is 10.8 Å². The molecule has 0 bridgehead atoms. The molecule has 0 spiro atoms. The predicted octanol–water partition coefficient (Wildman–Crippen LogP) is 2.82. The van der Waals surface area contributed by atoms with E-state index in [2.05, 4.69) is 4.98 Å². The summed E-state index contributed by atoms with van der Waals surface area (Å²) in [6.45, 7) is 0. The summed E-state index contributed by atoms with van der Waals surface area (Å²) in [5, 5.41) is 1.81. The smallest absolute Gasteiger partial charge is 0.350 e. The lowest BCUT2D eigenvalue weighted by atomic mass is 10.2. The van der Waals surface area contributed by atoms with Crippen LogP contribution >= 0.6 is 11.3 Å². The van der Waals surface area contributed by atoms with Crippen LogP contribution in [0.3, 0.4) is 0 Å². The molecule has 0 amide bonds. The molecular weight excluding hydrogens is 248 g/mol. The third kappa shape index (κ3) is 1.52. The Balaban J connectivity index is 2.36. The molecule has 0 radical (unpaired) electrons. The molecule has 5 heteroatoms. The Morgan fingerprint density at radius 3 is 2.94 bits per heavy atom. The first-order valence-electron chi connectivity index (χ1n) is 5.37. The summed E-state index contributed by atoms with van der Waals surface area (Å²) in [6, 6.07) is 9.73. The van der Waals surface area contributed by atoms with Gasteiger partial charge in [0.05, 0.1) is 18.3 Å². The SMILES string of the molecule is COC(=O)c1sc2nc3ccccc3cc2c1N. The standard InChI is InChI=1S/C13H10N2O2S/c1-17-13(16)11-10(14)8-6-7-4-2-3-5-9(7)15-12(8)18-11/h2-6H,14H2,1H3. The first-order chi connectivity index (χ1) is 8.70. The van der Waals surface area contributed by atoms with Crippen LogP contribution in [0.2, 0.25) is 0 Å². The van der Waals surface area contributed by atoms with E-state index in [1.165, 1.54) is 18.4 Å². The minimum atomic E-state index is -0.417. The average molecular weight is 258 g/mol. The molecule has 0 fully saturated rings. The Morgan fingerprint density at radius 2 is 2.17 bits per heavy atom. The first kappa shape index (κ1) is 11.0. The molecule has 0 aliphatic rings. The van der Waals surface area contributed by atoms with Crippen molar-refractivity contribution < 1.29 is 9.53 Å². The number of hydrogen-bond acceptors (Lipinski definition) is 5. The lowest BCUT2D eigenvalue weighted by molar-refractivity contribution is 0.0607. The molecule has 18 heavy (non-hydrogen) atoms. The van der Waals surface area contributed by atoms with E-state index in [-0.39, 0.29) is 0 Å². The van der Waals surface area contributed by atoms with Crippen molar-refractivity contribution in [2.75, 3.05) is 12.8 Å². The van der Waals surface area contributed by atoms with Crippen LogP contribution in [0.15, 0.2) is 30.3 Å². The molecule has 2 aromatic heterocycles. The van der Waals surface area contributed by atoms with Crippen LogP contribution in [-0.4, -0.2) is 18.1 Å². The van der Waals surface area contributed by atoms with Crippen molar-refractivity contribution >= 4 is 44.1 Å². The zero-order valence-corrected chi connectivity index (χ0v) is 10.5. The second kappa shape index (κ2) is 3.96. The number of fused-ring (bicyclic) bond motifs is 2. The van der Waals surface area contributed by atoms with Gasteiger partial charge in [0.15, 0.2) is 0 Å². The summed E-state index contributed by atoms with van der Waals surface area (Å²) >= 11 is 1.26. The fraction of sp³-hybridized carbons (Fsp3) is 0.0769. The van der Waals surface area contributed by atoms with Crippen molar-refractivity contribution in [1.82, 2.24) is 4.98 Å². The highest BCUT2D eigenvalue weighted by atomic mass is 32.1.